The van der Waals surface area contributed by atoms with Gasteiger partial charge in [-0.2, -0.15) is 13.2 Å². The van der Waals surface area contributed by atoms with E-state index in [0.29, 0.717) is 13.0 Å². The van der Waals surface area contributed by atoms with E-state index in [1.165, 1.54) is 11.0 Å². The molecule has 0 spiro atoms. The van der Waals surface area contributed by atoms with Crippen LogP contribution in [-0.4, -0.2) is 59.0 Å². The van der Waals surface area contributed by atoms with Crippen LogP contribution in [-0.2, 0) is 17.4 Å². The molecule has 1 atom stereocenters. The Kier molecular flexibility index (Phi) is 6.77. The van der Waals surface area contributed by atoms with E-state index in [-0.39, 0.29) is 31.1 Å². The number of benzene rings is 2. The minimum absolute atomic E-state index is 0.0833. The van der Waals surface area contributed by atoms with Gasteiger partial charge in [0.2, 0.25) is 5.91 Å². The number of β-amino-alcohol motifs (C(OH)–C–C–N with tert-alkyl or cyclic N) is 1. The molecule has 1 saturated heterocycles. The first-order chi connectivity index (χ1) is 14.2. The summed E-state index contributed by atoms with van der Waals surface area (Å²) in [7, 11) is 0. The van der Waals surface area contributed by atoms with E-state index in [9.17, 15) is 27.9 Å². The van der Waals surface area contributed by atoms with Gasteiger partial charge in [-0.3, -0.25) is 9.59 Å². The average molecular weight is 420 g/mol. The van der Waals surface area contributed by atoms with Gasteiger partial charge in [-0.25, -0.2) is 0 Å². The van der Waals surface area contributed by atoms with Crippen LogP contribution in [0.3, 0.4) is 0 Å². The molecule has 1 aliphatic rings. The number of amides is 2. The van der Waals surface area contributed by atoms with Crippen molar-refractivity contribution < 1.29 is 27.9 Å². The second-order valence-electron chi connectivity index (χ2n) is 7.35. The number of aliphatic hydroxyl groups excluding tert-OH is 1. The molecule has 8 heteroatoms. The zero-order chi connectivity index (χ0) is 21.7. The molecule has 0 radical (unpaired) electrons. The molecule has 160 valence electrons. The molecule has 1 heterocycles. The number of alkyl halides is 3. The summed E-state index contributed by atoms with van der Waals surface area (Å²) in [6.07, 6.45) is -4.07. The summed E-state index contributed by atoms with van der Waals surface area (Å²) in [4.78, 5) is 27.9. The van der Waals surface area contributed by atoms with E-state index >= 15 is 0 Å². The fourth-order valence-corrected chi connectivity index (χ4v) is 3.50. The molecule has 0 saturated carbocycles. The highest BCUT2D eigenvalue weighted by Gasteiger charge is 2.33. The SMILES string of the molecule is O=C1CN(C(=O)c2cccc(C(F)(F)F)c2)CC(O)CN1CCCc1ccccc1. The molecule has 1 fully saturated rings. The molecule has 2 amide bonds. The molecule has 5 nitrogen and oxygen atoms in total. The van der Waals surface area contributed by atoms with Crippen LogP contribution in [0.15, 0.2) is 54.6 Å². The van der Waals surface area contributed by atoms with Crippen molar-refractivity contribution in [3.8, 4) is 0 Å². The summed E-state index contributed by atoms with van der Waals surface area (Å²) in [6, 6.07) is 13.9. The second-order valence-corrected chi connectivity index (χ2v) is 7.35. The lowest BCUT2D eigenvalue weighted by Gasteiger charge is -2.22. The molecule has 0 bridgehead atoms. The summed E-state index contributed by atoms with van der Waals surface area (Å²) < 4.78 is 38.8. The number of rotatable bonds is 5. The van der Waals surface area contributed by atoms with E-state index in [1.54, 1.807) is 0 Å². The third-order valence-corrected chi connectivity index (χ3v) is 5.00. The van der Waals surface area contributed by atoms with Gasteiger partial charge in [-0.1, -0.05) is 36.4 Å². The van der Waals surface area contributed by atoms with Gasteiger partial charge in [0.05, 0.1) is 11.7 Å². The van der Waals surface area contributed by atoms with E-state index < -0.39 is 23.8 Å². The molecular formula is C22H23F3N2O3. The Balaban J connectivity index is 1.64. The molecule has 0 aliphatic carbocycles. The van der Waals surface area contributed by atoms with Gasteiger partial charge >= 0.3 is 6.18 Å². The summed E-state index contributed by atoms with van der Waals surface area (Å²) in [5.74, 6) is -1.04. The number of nitrogens with zero attached hydrogens (tertiary/aromatic N) is 2. The van der Waals surface area contributed by atoms with Crippen LogP contribution in [0.25, 0.3) is 0 Å². The Labute approximate surface area is 172 Å². The highest BCUT2D eigenvalue weighted by atomic mass is 19.4. The quantitative estimate of drug-likeness (QED) is 0.809. The van der Waals surface area contributed by atoms with E-state index in [0.717, 1.165) is 35.1 Å². The zero-order valence-corrected chi connectivity index (χ0v) is 16.3. The molecule has 1 N–H and O–H groups in total. The molecule has 30 heavy (non-hydrogen) atoms. The van der Waals surface area contributed by atoms with Crippen molar-refractivity contribution in [1.29, 1.82) is 0 Å². The number of carbonyl (C=O) groups excluding carboxylic acids is 2. The number of aryl methyl sites for hydroxylation is 1. The van der Waals surface area contributed by atoms with Crippen molar-refractivity contribution in [2.75, 3.05) is 26.2 Å². The van der Waals surface area contributed by atoms with E-state index in [4.69, 9.17) is 0 Å². The van der Waals surface area contributed by atoms with Gasteiger partial charge in [-0.15, -0.1) is 0 Å². The first-order valence-corrected chi connectivity index (χ1v) is 9.70. The van der Waals surface area contributed by atoms with Gasteiger partial charge in [0.15, 0.2) is 0 Å². The average Bonchev–Trinajstić information content (AvgIpc) is 2.86. The Morgan fingerprint density at radius 3 is 2.50 bits per heavy atom. The van der Waals surface area contributed by atoms with Crippen molar-refractivity contribution in [1.82, 2.24) is 9.80 Å². The number of hydrogen-bond donors (Lipinski definition) is 1. The van der Waals surface area contributed by atoms with Gasteiger partial charge in [0.25, 0.3) is 5.91 Å². The lowest BCUT2D eigenvalue weighted by molar-refractivity contribution is -0.137. The van der Waals surface area contributed by atoms with Crippen LogP contribution < -0.4 is 0 Å². The predicted octanol–water partition coefficient (Wildman–Crippen LogP) is 2.98. The fourth-order valence-electron chi connectivity index (χ4n) is 3.50. The Hall–Kier alpha value is -2.87. The Morgan fingerprint density at radius 2 is 1.80 bits per heavy atom. The van der Waals surface area contributed by atoms with Gasteiger partial charge in [0.1, 0.15) is 6.54 Å². The summed E-state index contributed by atoms with van der Waals surface area (Å²) in [6.45, 7) is 0.115. The molecule has 3 rings (SSSR count). The highest BCUT2D eigenvalue weighted by Crippen LogP contribution is 2.29. The van der Waals surface area contributed by atoms with Gasteiger partial charge in [0, 0.05) is 25.2 Å². The van der Waals surface area contributed by atoms with E-state index in [2.05, 4.69) is 0 Å². The maximum absolute atomic E-state index is 12.9. The first kappa shape index (κ1) is 21.8. The molecule has 1 aliphatic heterocycles. The number of hydrogen-bond acceptors (Lipinski definition) is 3. The van der Waals surface area contributed by atoms with Crippen LogP contribution in [0, 0.1) is 0 Å². The second kappa shape index (κ2) is 9.30. The van der Waals surface area contributed by atoms with Crippen molar-refractivity contribution in [3.63, 3.8) is 0 Å². The smallest absolute Gasteiger partial charge is 0.389 e. The Morgan fingerprint density at radius 1 is 1.07 bits per heavy atom. The third kappa shape index (κ3) is 5.60. The predicted molar refractivity (Wildman–Crippen MR) is 105 cm³/mol. The largest absolute Gasteiger partial charge is 0.416 e. The Bertz CT molecular complexity index is 887. The fraction of sp³-hybridized carbons (Fsp3) is 0.364. The van der Waals surface area contributed by atoms with Gasteiger partial charge in [-0.05, 0) is 36.6 Å². The maximum Gasteiger partial charge on any atom is 0.416 e. The van der Waals surface area contributed by atoms with Crippen molar-refractivity contribution in [2.24, 2.45) is 0 Å². The van der Waals surface area contributed by atoms with Crippen LogP contribution >= 0.6 is 0 Å². The van der Waals surface area contributed by atoms with Crippen molar-refractivity contribution in [3.05, 3.63) is 71.3 Å². The van der Waals surface area contributed by atoms with Crippen LogP contribution in [0.2, 0.25) is 0 Å². The number of halogens is 3. The molecular weight excluding hydrogens is 397 g/mol. The molecule has 0 aromatic heterocycles. The number of aliphatic hydroxyl groups is 1. The van der Waals surface area contributed by atoms with Gasteiger partial charge < -0.3 is 14.9 Å². The van der Waals surface area contributed by atoms with Crippen LogP contribution in [0.1, 0.15) is 27.9 Å². The normalized spacial score (nSPS) is 17.7. The third-order valence-electron chi connectivity index (χ3n) is 5.00. The zero-order valence-electron chi connectivity index (χ0n) is 16.3. The summed E-state index contributed by atoms with van der Waals surface area (Å²) in [5.41, 5.74) is 0.0432. The highest BCUT2D eigenvalue weighted by molar-refractivity contribution is 5.97. The summed E-state index contributed by atoms with van der Waals surface area (Å²) >= 11 is 0. The molecule has 1 unspecified atom stereocenters. The lowest BCUT2D eigenvalue weighted by atomic mass is 10.1. The van der Waals surface area contributed by atoms with E-state index in [1.807, 2.05) is 30.3 Å². The minimum Gasteiger partial charge on any atom is -0.389 e. The standard InChI is InChI=1S/C22H23F3N2O3/c23-22(24,25)18-10-4-9-17(12-18)21(30)27-14-19(28)13-26(20(29)15-27)11-5-8-16-6-2-1-3-7-16/h1-4,6-7,9-10,12,19,28H,5,8,11,13-15H2. The number of carbonyl (C=O) groups is 2. The lowest BCUT2D eigenvalue weighted by Crippen LogP contribution is -2.40. The summed E-state index contributed by atoms with van der Waals surface area (Å²) in [5, 5.41) is 10.3. The van der Waals surface area contributed by atoms with Crippen LogP contribution in [0.5, 0.6) is 0 Å². The topological polar surface area (TPSA) is 60.9 Å². The molecule has 2 aromatic carbocycles. The first-order valence-electron chi connectivity index (χ1n) is 9.70. The maximum atomic E-state index is 12.9. The minimum atomic E-state index is -4.57. The monoisotopic (exact) mass is 420 g/mol. The van der Waals surface area contributed by atoms with Crippen molar-refractivity contribution in [2.45, 2.75) is 25.1 Å². The van der Waals surface area contributed by atoms with Crippen molar-refractivity contribution >= 4 is 11.8 Å². The molecule has 2 aromatic rings. The van der Waals surface area contributed by atoms with Crippen LogP contribution in [0.4, 0.5) is 13.2 Å².